The Balaban J connectivity index is 2.07. The molecule has 1 fully saturated rings. The SMILES string of the molecule is CCC1OCCC1CNc1ncnc(N)c1[N+](=O)[O-]. The molecule has 0 radical (unpaired) electrons. The molecule has 2 atom stereocenters. The van der Waals surface area contributed by atoms with Gasteiger partial charge in [0.2, 0.25) is 11.6 Å². The van der Waals surface area contributed by atoms with Gasteiger partial charge in [0.1, 0.15) is 6.33 Å². The molecule has 0 bridgehead atoms. The van der Waals surface area contributed by atoms with Crippen molar-refractivity contribution >= 4 is 17.3 Å². The Labute approximate surface area is 110 Å². The maximum Gasteiger partial charge on any atom is 0.352 e. The monoisotopic (exact) mass is 267 g/mol. The first-order valence-electron chi connectivity index (χ1n) is 6.23. The minimum Gasteiger partial charge on any atom is -0.378 e. The van der Waals surface area contributed by atoms with Crippen molar-refractivity contribution in [2.45, 2.75) is 25.9 Å². The summed E-state index contributed by atoms with van der Waals surface area (Å²) in [7, 11) is 0. The van der Waals surface area contributed by atoms with Crippen molar-refractivity contribution in [2.24, 2.45) is 5.92 Å². The molecular formula is C11H17N5O3. The summed E-state index contributed by atoms with van der Waals surface area (Å²) in [5.74, 6) is 0.372. The zero-order chi connectivity index (χ0) is 13.8. The number of anilines is 2. The number of ether oxygens (including phenoxy) is 1. The van der Waals surface area contributed by atoms with E-state index < -0.39 is 4.92 Å². The zero-order valence-electron chi connectivity index (χ0n) is 10.7. The molecule has 2 unspecified atom stereocenters. The van der Waals surface area contributed by atoms with Gasteiger partial charge in [0.05, 0.1) is 11.0 Å². The maximum absolute atomic E-state index is 10.9. The van der Waals surface area contributed by atoms with Crippen LogP contribution in [0.4, 0.5) is 17.3 Å². The van der Waals surface area contributed by atoms with E-state index in [0.717, 1.165) is 19.4 Å². The van der Waals surface area contributed by atoms with E-state index in [-0.39, 0.29) is 23.4 Å². The van der Waals surface area contributed by atoms with E-state index in [4.69, 9.17) is 10.5 Å². The number of aromatic nitrogens is 2. The first-order chi connectivity index (χ1) is 9.13. The highest BCUT2D eigenvalue weighted by molar-refractivity contribution is 5.67. The Morgan fingerprint density at radius 3 is 3.11 bits per heavy atom. The average molecular weight is 267 g/mol. The first kappa shape index (κ1) is 13.5. The molecular weight excluding hydrogens is 250 g/mol. The van der Waals surface area contributed by atoms with Gasteiger partial charge in [-0.3, -0.25) is 10.1 Å². The van der Waals surface area contributed by atoms with Crippen LogP contribution in [0.15, 0.2) is 6.33 Å². The lowest BCUT2D eigenvalue weighted by Crippen LogP contribution is -2.23. The molecule has 1 aromatic heterocycles. The van der Waals surface area contributed by atoms with Gasteiger partial charge in [0.15, 0.2) is 0 Å². The number of rotatable bonds is 5. The summed E-state index contributed by atoms with van der Waals surface area (Å²) in [6.45, 7) is 3.38. The van der Waals surface area contributed by atoms with E-state index >= 15 is 0 Å². The molecule has 1 aliphatic heterocycles. The highest BCUT2D eigenvalue weighted by atomic mass is 16.6. The predicted molar refractivity (Wildman–Crippen MR) is 69.7 cm³/mol. The van der Waals surface area contributed by atoms with Crippen molar-refractivity contribution in [3.63, 3.8) is 0 Å². The number of nitrogens with two attached hydrogens (primary N) is 1. The molecule has 19 heavy (non-hydrogen) atoms. The van der Waals surface area contributed by atoms with Crippen LogP contribution in [0.25, 0.3) is 0 Å². The fourth-order valence-electron chi connectivity index (χ4n) is 2.31. The smallest absolute Gasteiger partial charge is 0.352 e. The van der Waals surface area contributed by atoms with Crippen molar-refractivity contribution in [1.29, 1.82) is 0 Å². The Morgan fingerprint density at radius 1 is 1.63 bits per heavy atom. The minimum atomic E-state index is -0.569. The van der Waals surface area contributed by atoms with Gasteiger partial charge in [-0.25, -0.2) is 9.97 Å². The number of nitrogens with zero attached hydrogens (tertiary/aromatic N) is 3. The number of hydrogen-bond acceptors (Lipinski definition) is 7. The molecule has 3 N–H and O–H groups in total. The number of nitrogens with one attached hydrogen (secondary N) is 1. The van der Waals surface area contributed by atoms with Gasteiger partial charge in [-0.15, -0.1) is 0 Å². The van der Waals surface area contributed by atoms with Crippen LogP contribution in [-0.4, -0.2) is 34.1 Å². The predicted octanol–water partition coefficient (Wildman–Crippen LogP) is 1.19. The lowest BCUT2D eigenvalue weighted by atomic mass is 10.00. The van der Waals surface area contributed by atoms with Crippen LogP contribution in [0.3, 0.4) is 0 Å². The Morgan fingerprint density at radius 2 is 2.42 bits per heavy atom. The van der Waals surface area contributed by atoms with Crippen LogP contribution in [0.1, 0.15) is 19.8 Å². The molecule has 8 nitrogen and oxygen atoms in total. The van der Waals surface area contributed by atoms with Crippen LogP contribution < -0.4 is 11.1 Å². The topological polar surface area (TPSA) is 116 Å². The molecule has 0 aliphatic carbocycles. The fraction of sp³-hybridized carbons (Fsp3) is 0.636. The molecule has 0 amide bonds. The molecule has 1 aliphatic rings. The van der Waals surface area contributed by atoms with Gasteiger partial charge in [-0.1, -0.05) is 6.92 Å². The van der Waals surface area contributed by atoms with Crippen molar-refractivity contribution in [3.8, 4) is 0 Å². The van der Waals surface area contributed by atoms with Gasteiger partial charge in [0, 0.05) is 19.1 Å². The lowest BCUT2D eigenvalue weighted by molar-refractivity contribution is -0.383. The summed E-state index contributed by atoms with van der Waals surface area (Å²) in [6.07, 6.45) is 3.29. The molecule has 0 spiro atoms. The normalized spacial score (nSPS) is 22.4. The van der Waals surface area contributed by atoms with Gasteiger partial charge >= 0.3 is 5.69 Å². The van der Waals surface area contributed by atoms with Crippen LogP contribution in [0.2, 0.25) is 0 Å². The lowest BCUT2D eigenvalue weighted by Gasteiger charge is -2.17. The second kappa shape index (κ2) is 5.79. The number of nitrogen functional groups attached to an aromatic ring is 1. The fourth-order valence-corrected chi connectivity index (χ4v) is 2.31. The third-order valence-electron chi connectivity index (χ3n) is 3.31. The zero-order valence-corrected chi connectivity index (χ0v) is 10.7. The van der Waals surface area contributed by atoms with Gasteiger partial charge in [0.25, 0.3) is 0 Å². The molecule has 8 heteroatoms. The van der Waals surface area contributed by atoms with E-state index in [9.17, 15) is 10.1 Å². The summed E-state index contributed by atoms with van der Waals surface area (Å²) in [5, 5.41) is 13.9. The third kappa shape index (κ3) is 2.90. The molecule has 1 aromatic rings. The highest BCUT2D eigenvalue weighted by Crippen LogP contribution is 2.28. The maximum atomic E-state index is 10.9. The van der Waals surface area contributed by atoms with Crippen molar-refractivity contribution in [1.82, 2.24) is 9.97 Å². The summed E-state index contributed by atoms with van der Waals surface area (Å²) in [6, 6.07) is 0. The Bertz CT molecular complexity index is 468. The van der Waals surface area contributed by atoms with Crippen LogP contribution in [0.5, 0.6) is 0 Å². The Kier molecular flexibility index (Phi) is 4.10. The number of nitro groups is 1. The first-order valence-corrected chi connectivity index (χ1v) is 6.23. The van der Waals surface area contributed by atoms with Crippen molar-refractivity contribution in [2.75, 3.05) is 24.2 Å². The second-order valence-corrected chi connectivity index (χ2v) is 4.46. The summed E-state index contributed by atoms with van der Waals surface area (Å²) >= 11 is 0. The second-order valence-electron chi connectivity index (χ2n) is 4.46. The molecule has 2 rings (SSSR count). The van der Waals surface area contributed by atoms with Crippen LogP contribution >= 0.6 is 0 Å². The summed E-state index contributed by atoms with van der Waals surface area (Å²) < 4.78 is 5.57. The molecule has 0 saturated carbocycles. The van der Waals surface area contributed by atoms with Crippen LogP contribution in [-0.2, 0) is 4.74 Å². The highest BCUT2D eigenvalue weighted by Gasteiger charge is 2.28. The number of hydrogen-bond donors (Lipinski definition) is 2. The largest absolute Gasteiger partial charge is 0.378 e. The van der Waals surface area contributed by atoms with E-state index in [1.807, 2.05) is 0 Å². The third-order valence-corrected chi connectivity index (χ3v) is 3.31. The summed E-state index contributed by atoms with van der Waals surface area (Å²) in [5.41, 5.74) is 5.23. The molecule has 0 aromatic carbocycles. The standard InChI is InChI=1S/C11H17N5O3/c1-2-8-7(3-4-19-8)5-13-11-9(16(17)18)10(12)14-6-15-11/h6-8H,2-5H2,1H3,(H3,12,13,14,15). The molecule has 2 heterocycles. The van der Waals surface area contributed by atoms with E-state index in [1.54, 1.807) is 0 Å². The average Bonchev–Trinajstić information content (AvgIpc) is 2.83. The minimum absolute atomic E-state index is 0.128. The van der Waals surface area contributed by atoms with E-state index in [2.05, 4.69) is 22.2 Å². The molecule has 104 valence electrons. The molecule has 1 saturated heterocycles. The van der Waals surface area contributed by atoms with Crippen LogP contribution in [0, 0.1) is 16.0 Å². The van der Waals surface area contributed by atoms with Crippen molar-refractivity contribution in [3.05, 3.63) is 16.4 Å². The van der Waals surface area contributed by atoms with Gasteiger partial charge in [-0.05, 0) is 12.8 Å². The summed E-state index contributed by atoms with van der Waals surface area (Å²) in [4.78, 5) is 17.9. The van der Waals surface area contributed by atoms with E-state index in [1.165, 1.54) is 6.33 Å². The quantitative estimate of drug-likeness (QED) is 0.608. The van der Waals surface area contributed by atoms with Gasteiger partial charge < -0.3 is 15.8 Å². The van der Waals surface area contributed by atoms with Crippen molar-refractivity contribution < 1.29 is 9.66 Å². The Hall–Kier alpha value is -1.96. The van der Waals surface area contributed by atoms with E-state index in [0.29, 0.717) is 12.5 Å². The van der Waals surface area contributed by atoms with Gasteiger partial charge in [-0.2, -0.15) is 0 Å².